The SMILES string of the molecule is O=C(NCc1cccc(Cn2cnc3ccccc32)c1)[C@@H]1CC[C@H](C(=O)O)O1. The monoisotopic (exact) mass is 379 g/mol. The summed E-state index contributed by atoms with van der Waals surface area (Å²) in [6, 6.07) is 16.0. The van der Waals surface area contributed by atoms with E-state index in [0.29, 0.717) is 25.9 Å². The predicted molar refractivity (Wildman–Crippen MR) is 103 cm³/mol. The van der Waals surface area contributed by atoms with Gasteiger partial charge < -0.3 is 19.7 Å². The van der Waals surface area contributed by atoms with Crippen molar-refractivity contribution < 1.29 is 19.4 Å². The van der Waals surface area contributed by atoms with E-state index < -0.39 is 18.2 Å². The second-order valence-corrected chi connectivity index (χ2v) is 6.93. The Morgan fingerprint density at radius 1 is 1.11 bits per heavy atom. The lowest BCUT2D eigenvalue weighted by atomic mass is 10.1. The van der Waals surface area contributed by atoms with Crippen LogP contribution >= 0.6 is 0 Å². The summed E-state index contributed by atoms with van der Waals surface area (Å²) in [7, 11) is 0. The smallest absolute Gasteiger partial charge is 0.332 e. The number of rotatable bonds is 6. The Balaban J connectivity index is 1.38. The van der Waals surface area contributed by atoms with E-state index in [1.807, 2.05) is 54.9 Å². The second-order valence-electron chi connectivity index (χ2n) is 6.93. The number of ether oxygens (including phenoxy) is 1. The molecule has 144 valence electrons. The maximum absolute atomic E-state index is 12.2. The zero-order valence-electron chi connectivity index (χ0n) is 15.2. The molecule has 0 unspecified atom stereocenters. The minimum Gasteiger partial charge on any atom is -0.479 e. The minimum atomic E-state index is -1.02. The van der Waals surface area contributed by atoms with Crippen LogP contribution in [0.3, 0.4) is 0 Å². The summed E-state index contributed by atoms with van der Waals surface area (Å²) in [6.07, 6.45) is 1.04. The first-order valence-electron chi connectivity index (χ1n) is 9.24. The number of benzene rings is 2. The van der Waals surface area contributed by atoms with Gasteiger partial charge in [-0.05, 0) is 36.1 Å². The highest BCUT2D eigenvalue weighted by atomic mass is 16.5. The average molecular weight is 379 g/mol. The highest BCUT2D eigenvalue weighted by molar-refractivity contribution is 5.82. The van der Waals surface area contributed by atoms with E-state index in [1.54, 1.807) is 0 Å². The predicted octanol–water partition coefficient (Wildman–Crippen LogP) is 2.33. The second kappa shape index (κ2) is 7.82. The summed E-state index contributed by atoms with van der Waals surface area (Å²) in [5, 5.41) is 11.8. The number of carbonyl (C=O) groups excluding carboxylic acids is 1. The van der Waals surface area contributed by atoms with Crippen molar-refractivity contribution in [2.24, 2.45) is 0 Å². The Hall–Kier alpha value is -3.19. The minimum absolute atomic E-state index is 0.269. The molecule has 0 aliphatic carbocycles. The average Bonchev–Trinajstić information content (AvgIpc) is 3.35. The lowest BCUT2D eigenvalue weighted by molar-refractivity contribution is -0.151. The van der Waals surface area contributed by atoms with E-state index in [1.165, 1.54) is 0 Å². The molecule has 3 aromatic rings. The molecule has 1 amide bonds. The lowest BCUT2D eigenvalue weighted by Gasteiger charge is -2.12. The van der Waals surface area contributed by atoms with E-state index in [2.05, 4.69) is 14.9 Å². The van der Waals surface area contributed by atoms with Crippen LogP contribution < -0.4 is 5.32 Å². The number of hydrogen-bond donors (Lipinski definition) is 2. The summed E-state index contributed by atoms with van der Waals surface area (Å²) >= 11 is 0. The van der Waals surface area contributed by atoms with Crippen molar-refractivity contribution in [3.63, 3.8) is 0 Å². The number of aromatic nitrogens is 2. The third kappa shape index (κ3) is 3.89. The molecular formula is C21H21N3O4. The van der Waals surface area contributed by atoms with E-state index in [9.17, 15) is 9.59 Å². The van der Waals surface area contributed by atoms with Gasteiger partial charge in [-0.15, -0.1) is 0 Å². The van der Waals surface area contributed by atoms with Gasteiger partial charge in [-0.3, -0.25) is 4.79 Å². The lowest BCUT2D eigenvalue weighted by Crippen LogP contribution is -2.35. The van der Waals surface area contributed by atoms with E-state index in [0.717, 1.165) is 22.2 Å². The first kappa shape index (κ1) is 18.2. The summed E-state index contributed by atoms with van der Waals surface area (Å²) in [4.78, 5) is 27.6. The first-order chi connectivity index (χ1) is 13.6. The standard InChI is InChI=1S/C21H21N3O4/c25-20(18-8-9-19(28-18)21(26)27)22-11-14-4-3-5-15(10-14)12-24-13-23-16-6-1-2-7-17(16)24/h1-7,10,13,18-19H,8-9,11-12H2,(H,22,25)(H,26,27)/t18-,19+/m0/s1. The first-order valence-corrected chi connectivity index (χ1v) is 9.24. The molecule has 1 saturated heterocycles. The number of imidazole rings is 1. The molecule has 4 rings (SSSR count). The molecule has 0 spiro atoms. The van der Waals surface area contributed by atoms with Crippen molar-refractivity contribution in [1.82, 2.24) is 14.9 Å². The highest BCUT2D eigenvalue weighted by Crippen LogP contribution is 2.20. The van der Waals surface area contributed by atoms with Crippen LogP contribution in [0.25, 0.3) is 11.0 Å². The molecule has 1 fully saturated rings. The van der Waals surface area contributed by atoms with Crippen LogP contribution in [0, 0.1) is 0 Å². The number of nitrogens with one attached hydrogen (secondary N) is 1. The molecule has 0 radical (unpaired) electrons. The van der Waals surface area contributed by atoms with Gasteiger partial charge in [-0.25, -0.2) is 9.78 Å². The topological polar surface area (TPSA) is 93.5 Å². The highest BCUT2D eigenvalue weighted by Gasteiger charge is 2.34. The molecule has 2 N–H and O–H groups in total. The van der Waals surface area contributed by atoms with Gasteiger partial charge in [-0.2, -0.15) is 0 Å². The molecule has 7 heteroatoms. The Labute approximate surface area is 162 Å². The maximum atomic E-state index is 12.2. The molecule has 1 aromatic heterocycles. The van der Waals surface area contributed by atoms with E-state index >= 15 is 0 Å². The fourth-order valence-electron chi connectivity index (χ4n) is 3.49. The maximum Gasteiger partial charge on any atom is 0.332 e. The number of carbonyl (C=O) groups is 2. The van der Waals surface area contributed by atoms with Crippen molar-refractivity contribution in [2.75, 3.05) is 0 Å². The number of nitrogens with zero attached hydrogens (tertiary/aromatic N) is 2. The Kier molecular flexibility index (Phi) is 5.08. The number of carboxylic acids is 1. The third-order valence-electron chi connectivity index (χ3n) is 4.93. The zero-order valence-corrected chi connectivity index (χ0v) is 15.2. The number of amides is 1. The Bertz CT molecular complexity index is 1010. The molecule has 1 aliphatic heterocycles. The molecule has 0 bridgehead atoms. The van der Waals surface area contributed by atoms with Gasteiger partial charge >= 0.3 is 5.97 Å². The van der Waals surface area contributed by atoms with Crippen LogP contribution in [-0.4, -0.2) is 38.7 Å². The summed E-state index contributed by atoms with van der Waals surface area (Å²) in [6.45, 7) is 1.06. The van der Waals surface area contributed by atoms with Crippen molar-refractivity contribution in [2.45, 2.75) is 38.1 Å². The molecule has 2 aromatic carbocycles. The van der Waals surface area contributed by atoms with Gasteiger partial charge in [0.05, 0.1) is 17.4 Å². The van der Waals surface area contributed by atoms with Gasteiger partial charge in [0.1, 0.15) is 6.10 Å². The number of fused-ring (bicyclic) bond motifs is 1. The van der Waals surface area contributed by atoms with Crippen LogP contribution in [0.2, 0.25) is 0 Å². The van der Waals surface area contributed by atoms with Gasteiger partial charge in [0.25, 0.3) is 0 Å². The van der Waals surface area contributed by atoms with Crippen LogP contribution in [-0.2, 0) is 27.4 Å². The number of hydrogen-bond acceptors (Lipinski definition) is 4. The van der Waals surface area contributed by atoms with Gasteiger partial charge in [0.2, 0.25) is 5.91 Å². The zero-order chi connectivity index (χ0) is 19.5. The van der Waals surface area contributed by atoms with Crippen molar-refractivity contribution in [3.8, 4) is 0 Å². The van der Waals surface area contributed by atoms with Crippen LogP contribution in [0.4, 0.5) is 0 Å². The molecule has 2 atom stereocenters. The van der Waals surface area contributed by atoms with Gasteiger partial charge in [-0.1, -0.05) is 36.4 Å². The summed E-state index contributed by atoms with van der Waals surface area (Å²) < 4.78 is 7.37. The molecule has 0 saturated carbocycles. The van der Waals surface area contributed by atoms with Gasteiger partial charge in [0.15, 0.2) is 6.10 Å². The Morgan fingerprint density at radius 2 is 1.89 bits per heavy atom. The summed E-state index contributed by atoms with van der Waals surface area (Å²) in [5.74, 6) is -1.29. The molecular weight excluding hydrogens is 358 g/mol. The van der Waals surface area contributed by atoms with Crippen LogP contribution in [0.15, 0.2) is 54.9 Å². The number of aliphatic carboxylic acids is 1. The number of carboxylic acid groups (broad SMARTS) is 1. The largest absolute Gasteiger partial charge is 0.479 e. The van der Waals surface area contributed by atoms with E-state index in [-0.39, 0.29) is 5.91 Å². The van der Waals surface area contributed by atoms with Crippen LogP contribution in [0.1, 0.15) is 24.0 Å². The Morgan fingerprint density at radius 3 is 2.71 bits per heavy atom. The molecule has 1 aliphatic rings. The quantitative estimate of drug-likeness (QED) is 0.686. The van der Waals surface area contributed by atoms with Crippen molar-refractivity contribution in [1.29, 1.82) is 0 Å². The molecule has 7 nitrogen and oxygen atoms in total. The normalized spacial score (nSPS) is 19.0. The fraction of sp³-hybridized carbons (Fsp3) is 0.286. The van der Waals surface area contributed by atoms with Crippen molar-refractivity contribution in [3.05, 3.63) is 66.0 Å². The van der Waals surface area contributed by atoms with E-state index in [4.69, 9.17) is 9.84 Å². The molecule has 2 heterocycles. The van der Waals surface area contributed by atoms with Crippen molar-refractivity contribution >= 4 is 22.9 Å². The number of para-hydroxylation sites is 2. The molecule has 28 heavy (non-hydrogen) atoms. The third-order valence-corrected chi connectivity index (χ3v) is 4.93. The van der Waals surface area contributed by atoms with Crippen LogP contribution in [0.5, 0.6) is 0 Å². The van der Waals surface area contributed by atoms with Gasteiger partial charge in [0, 0.05) is 13.1 Å². The summed E-state index contributed by atoms with van der Waals surface area (Å²) in [5.41, 5.74) is 4.12. The fourth-order valence-corrected chi connectivity index (χ4v) is 3.49.